The summed E-state index contributed by atoms with van der Waals surface area (Å²) in [7, 11) is 3.72. The van der Waals surface area contributed by atoms with Crippen LogP contribution in [-0.4, -0.2) is 30.9 Å². The molecular formula is C18H21ClN4O. The lowest BCUT2D eigenvalue weighted by molar-refractivity contribution is 0.100. The van der Waals surface area contributed by atoms with E-state index in [1.807, 2.05) is 48.3 Å². The molecule has 2 aromatic rings. The topological polar surface area (TPSA) is 70.7 Å². The maximum atomic E-state index is 11.1. The molecule has 2 aromatic carbocycles. The molecule has 0 fully saturated rings. The first-order valence-electron chi connectivity index (χ1n) is 7.54. The predicted octanol–water partition coefficient (Wildman–Crippen LogP) is 2.65. The number of nitrogens with two attached hydrogens (primary N) is 1. The van der Waals surface area contributed by atoms with Crippen LogP contribution in [0.5, 0.6) is 0 Å². The normalized spacial score (nSPS) is 11.2. The van der Waals surface area contributed by atoms with E-state index in [0.29, 0.717) is 12.1 Å². The highest BCUT2D eigenvalue weighted by molar-refractivity contribution is 6.30. The molecule has 0 saturated heterocycles. The largest absolute Gasteiger partial charge is 0.366 e. The Bertz CT molecular complexity index is 711. The van der Waals surface area contributed by atoms with E-state index in [1.165, 1.54) is 0 Å². The van der Waals surface area contributed by atoms with E-state index < -0.39 is 5.91 Å². The van der Waals surface area contributed by atoms with E-state index in [4.69, 9.17) is 17.3 Å². The third-order valence-electron chi connectivity index (χ3n) is 3.60. The number of halogens is 1. The van der Waals surface area contributed by atoms with Gasteiger partial charge in [-0.25, -0.2) is 0 Å². The number of amides is 1. The van der Waals surface area contributed by atoms with Crippen LogP contribution in [-0.2, 0) is 13.1 Å². The molecule has 24 heavy (non-hydrogen) atoms. The monoisotopic (exact) mass is 344 g/mol. The van der Waals surface area contributed by atoms with Crippen molar-refractivity contribution in [3.63, 3.8) is 0 Å². The third kappa shape index (κ3) is 4.99. The van der Waals surface area contributed by atoms with Crippen molar-refractivity contribution in [3.8, 4) is 0 Å². The van der Waals surface area contributed by atoms with Crippen LogP contribution >= 0.6 is 11.6 Å². The van der Waals surface area contributed by atoms with Gasteiger partial charge in [0, 0.05) is 37.8 Å². The zero-order valence-corrected chi connectivity index (χ0v) is 14.5. The van der Waals surface area contributed by atoms with Crippen molar-refractivity contribution < 1.29 is 4.79 Å². The molecule has 0 aliphatic heterocycles. The fraction of sp³-hybridized carbons (Fsp3) is 0.222. The molecule has 0 atom stereocenters. The van der Waals surface area contributed by atoms with Crippen LogP contribution in [0, 0.1) is 0 Å². The maximum Gasteiger partial charge on any atom is 0.248 e. The minimum atomic E-state index is -0.423. The maximum absolute atomic E-state index is 11.1. The summed E-state index contributed by atoms with van der Waals surface area (Å²) in [5.74, 6) is 0.358. The first kappa shape index (κ1) is 17.8. The fourth-order valence-corrected chi connectivity index (χ4v) is 2.42. The summed E-state index contributed by atoms with van der Waals surface area (Å²) in [6.45, 7) is 1.33. The first-order chi connectivity index (χ1) is 11.5. The lowest BCUT2D eigenvalue weighted by Gasteiger charge is -2.22. The second-order valence-electron chi connectivity index (χ2n) is 5.44. The zero-order valence-electron chi connectivity index (χ0n) is 13.8. The van der Waals surface area contributed by atoms with Gasteiger partial charge in [0.15, 0.2) is 5.96 Å². The van der Waals surface area contributed by atoms with Crippen molar-refractivity contribution in [2.75, 3.05) is 14.1 Å². The van der Waals surface area contributed by atoms with Gasteiger partial charge in [0.2, 0.25) is 5.91 Å². The lowest BCUT2D eigenvalue weighted by Crippen LogP contribution is -2.38. The Morgan fingerprint density at radius 2 is 1.71 bits per heavy atom. The molecule has 0 spiro atoms. The molecule has 0 radical (unpaired) electrons. The van der Waals surface area contributed by atoms with Crippen molar-refractivity contribution in [2.24, 2.45) is 10.7 Å². The highest BCUT2D eigenvalue weighted by atomic mass is 35.5. The summed E-state index contributed by atoms with van der Waals surface area (Å²) in [6, 6.07) is 14.9. The SMILES string of the molecule is CN=C(NCc1ccc(C(N)=O)cc1)N(C)Cc1ccc(Cl)cc1. The zero-order chi connectivity index (χ0) is 17.5. The number of carbonyl (C=O) groups excluding carboxylic acids is 1. The first-order valence-corrected chi connectivity index (χ1v) is 7.92. The lowest BCUT2D eigenvalue weighted by atomic mass is 10.1. The van der Waals surface area contributed by atoms with Gasteiger partial charge in [-0.3, -0.25) is 9.79 Å². The highest BCUT2D eigenvalue weighted by Gasteiger charge is 2.07. The van der Waals surface area contributed by atoms with E-state index in [-0.39, 0.29) is 0 Å². The van der Waals surface area contributed by atoms with Crippen molar-refractivity contribution in [1.82, 2.24) is 10.2 Å². The predicted molar refractivity (Wildman–Crippen MR) is 98.1 cm³/mol. The van der Waals surface area contributed by atoms with Crippen molar-refractivity contribution in [2.45, 2.75) is 13.1 Å². The Kier molecular flexibility index (Phi) is 6.21. The van der Waals surface area contributed by atoms with E-state index in [0.717, 1.165) is 28.7 Å². The Morgan fingerprint density at radius 3 is 2.25 bits per heavy atom. The van der Waals surface area contributed by atoms with Crippen LogP contribution in [0.15, 0.2) is 53.5 Å². The minimum Gasteiger partial charge on any atom is -0.366 e. The smallest absolute Gasteiger partial charge is 0.248 e. The van der Waals surface area contributed by atoms with E-state index in [1.54, 1.807) is 19.2 Å². The second-order valence-corrected chi connectivity index (χ2v) is 5.88. The summed E-state index contributed by atoms with van der Waals surface area (Å²) < 4.78 is 0. The average molecular weight is 345 g/mol. The van der Waals surface area contributed by atoms with E-state index in [2.05, 4.69) is 10.3 Å². The summed E-state index contributed by atoms with van der Waals surface area (Å²) in [6.07, 6.45) is 0. The van der Waals surface area contributed by atoms with Crippen LogP contribution < -0.4 is 11.1 Å². The molecule has 2 rings (SSSR count). The average Bonchev–Trinajstić information content (AvgIpc) is 2.58. The fourth-order valence-electron chi connectivity index (χ4n) is 2.29. The molecule has 5 nitrogen and oxygen atoms in total. The molecule has 0 heterocycles. The van der Waals surface area contributed by atoms with Gasteiger partial charge < -0.3 is 16.0 Å². The molecule has 3 N–H and O–H groups in total. The summed E-state index contributed by atoms with van der Waals surface area (Å²) >= 11 is 5.91. The van der Waals surface area contributed by atoms with Crippen molar-refractivity contribution >= 4 is 23.5 Å². The molecule has 0 aliphatic carbocycles. The quantitative estimate of drug-likeness (QED) is 0.647. The molecular weight excluding hydrogens is 324 g/mol. The van der Waals surface area contributed by atoms with E-state index >= 15 is 0 Å². The minimum absolute atomic E-state index is 0.423. The number of aliphatic imine (C=N–C) groups is 1. The van der Waals surface area contributed by atoms with Gasteiger partial charge >= 0.3 is 0 Å². The Morgan fingerprint density at radius 1 is 1.12 bits per heavy atom. The number of rotatable bonds is 5. The number of carbonyl (C=O) groups is 1. The molecule has 0 unspecified atom stereocenters. The van der Waals surface area contributed by atoms with Crippen molar-refractivity contribution in [3.05, 3.63) is 70.2 Å². The number of hydrogen-bond acceptors (Lipinski definition) is 2. The molecule has 0 saturated carbocycles. The van der Waals surface area contributed by atoms with Gasteiger partial charge in [0.25, 0.3) is 0 Å². The van der Waals surface area contributed by atoms with Crippen LogP contribution in [0.4, 0.5) is 0 Å². The van der Waals surface area contributed by atoms with Gasteiger partial charge in [-0.2, -0.15) is 0 Å². The van der Waals surface area contributed by atoms with Crippen LogP contribution in [0.1, 0.15) is 21.5 Å². The number of primary amides is 1. The van der Waals surface area contributed by atoms with Crippen LogP contribution in [0.25, 0.3) is 0 Å². The van der Waals surface area contributed by atoms with Gasteiger partial charge in [-0.05, 0) is 35.4 Å². The molecule has 1 amide bonds. The number of guanidine groups is 1. The molecule has 0 bridgehead atoms. The van der Waals surface area contributed by atoms with Gasteiger partial charge in [0.05, 0.1) is 0 Å². The van der Waals surface area contributed by atoms with Crippen LogP contribution in [0.3, 0.4) is 0 Å². The molecule has 0 aromatic heterocycles. The standard InChI is InChI=1S/C18H21ClN4O/c1-21-18(23(2)12-14-5-9-16(19)10-6-14)22-11-13-3-7-15(8-4-13)17(20)24/h3-10H,11-12H2,1-2H3,(H2,20,24)(H,21,22). The summed E-state index contributed by atoms with van der Waals surface area (Å²) in [4.78, 5) is 17.4. The van der Waals surface area contributed by atoms with Gasteiger partial charge in [-0.15, -0.1) is 0 Å². The number of nitrogens with one attached hydrogen (secondary N) is 1. The number of hydrogen-bond donors (Lipinski definition) is 2. The van der Waals surface area contributed by atoms with E-state index in [9.17, 15) is 4.79 Å². The second kappa shape index (κ2) is 8.36. The summed E-state index contributed by atoms with van der Waals surface area (Å²) in [5, 5.41) is 4.02. The molecule has 0 aliphatic rings. The molecule has 6 heteroatoms. The molecule has 126 valence electrons. The number of benzene rings is 2. The Balaban J connectivity index is 1.93. The van der Waals surface area contributed by atoms with Gasteiger partial charge in [0.1, 0.15) is 0 Å². The Hall–Kier alpha value is -2.53. The third-order valence-corrected chi connectivity index (χ3v) is 3.85. The van der Waals surface area contributed by atoms with Crippen molar-refractivity contribution in [1.29, 1.82) is 0 Å². The highest BCUT2D eigenvalue weighted by Crippen LogP contribution is 2.11. The van der Waals surface area contributed by atoms with Crippen LogP contribution in [0.2, 0.25) is 5.02 Å². The number of nitrogens with zero attached hydrogens (tertiary/aromatic N) is 2. The Labute approximate surface area is 147 Å². The summed E-state index contributed by atoms with van der Waals surface area (Å²) in [5.41, 5.74) is 7.94. The van der Waals surface area contributed by atoms with Gasteiger partial charge in [-0.1, -0.05) is 35.9 Å².